The Bertz CT molecular complexity index is 91.9. The number of rotatable bonds is 1. The van der Waals surface area contributed by atoms with Crippen molar-refractivity contribution in [3.63, 3.8) is 0 Å². The molecule has 0 radical (unpaired) electrons. The SMILES string of the molecule is CP(C)P(C)(C)=O. The van der Waals surface area contributed by atoms with Crippen LogP contribution in [0.1, 0.15) is 0 Å². The minimum absolute atomic E-state index is 0.186. The first-order valence-electron chi connectivity index (χ1n) is 2.17. The van der Waals surface area contributed by atoms with E-state index in [4.69, 9.17) is 0 Å². The predicted octanol–water partition coefficient (Wildman–Crippen LogP) is 2.27. The number of hydrogen-bond donors (Lipinski definition) is 0. The van der Waals surface area contributed by atoms with Crippen LogP contribution in [0.4, 0.5) is 0 Å². The Hall–Kier alpha value is 0.660. The van der Waals surface area contributed by atoms with Gasteiger partial charge in [-0.05, 0) is 34.3 Å². The van der Waals surface area contributed by atoms with Crippen molar-refractivity contribution in [3.8, 4) is 0 Å². The molecule has 7 heavy (non-hydrogen) atoms. The zero-order chi connectivity index (χ0) is 6.08. The van der Waals surface area contributed by atoms with Gasteiger partial charge in [-0.1, -0.05) is 0 Å². The molecule has 0 aliphatic carbocycles. The van der Waals surface area contributed by atoms with Crippen LogP contribution in [-0.2, 0) is 4.57 Å². The monoisotopic (exact) mass is 138 g/mol. The van der Waals surface area contributed by atoms with Gasteiger partial charge in [-0.15, -0.1) is 0 Å². The van der Waals surface area contributed by atoms with E-state index in [9.17, 15) is 4.57 Å². The molecule has 44 valence electrons. The Kier molecular flexibility index (Phi) is 2.50. The van der Waals surface area contributed by atoms with Gasteiger partial charge in [0.25, 0.3) is 0 Å². The summed E-state index contributed by atoms with van der Waals surface area (Å²) in [6.45, 7) is 6.12. The molecule has 0 N–H and O–H groups in total. The molecular weight excluding hydrogens is 126 g/mol. The van der Waals surface area contributed by atoms with Crippen LogP contribution in [0.15, 0.2) is 0 Å². The van der Waals surface area contributed by atoms with Crippen molar-refractivity contribution in [3.05, 3.63) is 0 Å². The van der Waals surface area contributed by atoms with E-state index in [0.29, 0.717) is 0 Å². The van der Waals surface area contributed by atoms with Gasteiger partial charge in [0.05, 0.1) is 0 Å². The fraction of sp³-hybridized carbons (Fsp3) is 1.00. The maximum absolute atomic E-state index is 10.9. The second-order valence-electron chi connectivity index (χ2n) is 2.14. The van der Waals surface area contributed by atoms with E-state index in [0.717, 1.165) is 0 Å². The standard InChI is InChI=1S/C4H12OP2/c1-6(2)7(3,4)5/h1-4H3. The lowest BCUT2D eigenvalue weighted by molar-refractivity contribution is 0.591. The van der Waals surface area contributed by atoms with E-state index < -0.39 is 6.83 Å². The molecule has 0 rings (SSSR count). The fourth-order valence-electron chi connectivity index (χ4n) is 0. The van der Waals surface area contributed by atoms with Gasteiger partial charge in [-0.2, -0.15) is 0 Å². The van der Waals surface area contributed by atoms with Crippen molar-refractivity contribution in [1.29, 1.82) is 0 Å². The van der Waals surface area contributed by atoms with Crippen LogP contribution in [0.2, 0.25) is 0 Å². The molecule has 3 heteroatoms. The van der Waals surface area contributed by atoms with E-state index in [2.05, 4.69) is 13.3 Å². The lowest BCUT2D eigenvalue weighted by atomic mass is 11.9. The minimum atomic E-state index is -1.67. The first-order chi connectivity index (χ1) is 2.94. The van der Waals surface area contributed by atoms with Crippen molar-refractivity contribution in [1.82, 2.24) is 0 Å². The zero-order valence-corrected chi connectivity index (χ0v) is 7.09. The first-order valence-corrected chi connectivity index (χ1v) is 7.71. The lowest BCUT2D eigenvalue weighted by Crippen LogP contribution is -1.67. The minimum Gasteiger partial charge on any atom is -0.320 e. The van der Waals surface area contributed by atoms with Crippen LogP contribution in [0.5, 0.6) is 0 Å². The predicted molar refractivity (Wildman–Crippen MR) is 38.2 cm³/mol. The lowest BCUT2D eigenvalue weighted by Gasteiger charge is -2.09. The third kappa shape index (κ3) is 3.26. The highest BCUT2D eigenvalue weighted by molar-refractivity contribution is 8.31. The quantitative estimate of drug-likeness (QED) is 0.508. The summed E-state index contributed by atoms with van der Waals surface area (Å²) in [6, 6.07) is 0. The number of hydrogen-bond acceptors (Lipinski definition) is 1. The van der Waals surface area contributed by atoms with Crippen LogP contribution < -0.4 is 0 Å². The Morgan fingerprint density at radius 2 is 1.43 bits per heavy atom. The summed E-state index contributed by atoms with van der Waals surface area (Å²) in [7, 11) is -0.186. The van der Waals surface area contributed by atoms with Crippen LogP contribution in [-0.4, -0.2) is 26.7 Å². The summed E-state index contributed by atoms with van der Waals surface area (Å²) in [4.78, 5) is 0. The van der Waals surface area contributed by atoms with Crippen molar-refractivity contribution in [2.24, 2.45) is 0 Å². The maximum atomic E-state index is 10.9. The first kappa shape index (κ1) is 7.66. The van der Waals surface area contributed by atoms with Crippen LogP contribution in [0, 0.1) is 0 Å². The molecule has 0 bridgehead atoms. The van der Waals surface area contributed by atoms with Crippen molar-refractivity contribution in [2.45, 2.75) is 0 Å². The molecule has 0 spiro atoms. The molecule has 0 heterocycles. The Morgan fingerprint density at radius 1 is 1.29 bits per heavy atom. The smallest absolute Gasteiger partial charge is 0.101 e. The van der Waals surface area contributed by atoms with Crippen molar-refractivity contribution >= 4 is 14.4 Å². The fourth-order valence-corrected chi connectivity index (χ4v) is 0. The van der Waals surface area contributed by atoms with Gasteiger partial charge in [-0.25, -0.2) is 0 Å². The van der Waals surface area contributed by atoms with Gasteiger partial charge in [-0.3, -0.25) is 0 Å². The summed E-state index contributed by atoms with van der Waals surface area (Å²) >= 11 is 0. The molecule has 1 nitrogen and oxygen atoms in total. The second kappa shape index (κ2) is 2.29. The molecule has 0 saturated heterocycles. The summed E-state index contributed by atoms with van der Waals surface area (Å²) in [5.74, 6) is 0. The highest BCUT2D eigenvalue weighted by Gasteiger charge is 2.10. The second-order valence-corrected chi connectivity index (χ2v) is 11.7. The van der Waals surface area contributed by atoms with Crippen LogP contribution >= 0.6 is 14.4 Å². The maximum Gasteiger partial charge on any atom is 0.101 e. The molecule has 0 amide bonds. The zero-order valence-electron chi connectivity index (χ0n) is 5.30. The molecule has 0 aliphatic heterocycles. The van der Waals surface area contributed by atoms with Crippen LogP contribution in [0.25, 0.3) is 0 Å². The molecule has 0 aromatic heterocycles. The van der Waals surface area contributed by atoms with E-state index in [1.54, 1.807) is 0 Å². The molecule has 0 saturated carbocycles. The molecule has 0 fully saturated rings. The molecule has 0 aliphatic rings. The summed E-state index contributed by atoms with van der Waals surface area (Å²) < 4.78 is 10.9. The Balaban J connectivity index is 3.80. The van der Waals surface area contributed by atoms with E-state index in [1.165, 1.54) is 0 Å². The van der Waals surface area contributed by atoms with Gasteiger partial charge in [0, 0.05) is 0 Å². The van der Waals surface area contributed by atoms with Gasteiger partial charge in [0.1, 0.15) is 6.83 Å². The third-order valence-corrected chi connectivity index (χ3v) is 8.67. The summed E-state index contributed by atoms with van der Waals surface area (Å²) in [5.41, 5.74) is 0. The molecular formula is C4H12OP2. The van der Waals surface area contributed by atoms with Crippen molar-refractivity contribution < 1.29 is 4.57 Å². The van der Waals surface area contributed by atoms with Gasteiger partial charge < -0.3 is 4.57 Å². The Labute approximate surface area is 46.5 Å². The van der Waals surface area contributed by atoms with Gasteiger partial charge in [0.15, 0.2) is 0 Å². The molecule has 0 aromatic rings. The summed E-state index contributed by atoms with van der Waals surface area (Å²) in [5, 5.41) is 0. The summed E-state index contributed by atoms with van der Waals surface area (Å²) in [6.07, 6.45) is 0. The normalized spacial score (nSPS) is 12.7. The highest BCUT2D eigenvalue weighted by atomic mass is 32.1. The van der Waals surface area contributed by atoms with Crippen molar-refractivity contribution in [2.75, 3.05) is 26.7 Å². The van der Waals surface area contributed by atoms with Gasteiger partial charge >= 0.3 is 0 Å². The van der Waals surface area contributed by atoms with Gasteiger partial charge in [0.2, 0.25) is 0 Å². The van der Waals surface area contributed by atoms with E-state index >= 15 is 0 Å². The molecule has 0 atom stereocenters. The van der Waals surface area contributed by atoms with E-state index in [-0.39, 0.29) is 7.61 Å². The van der Waals surface area contributed by atoms with Crippen LogP contribution in [0.3, 0.4) is 0 Å². The average molecular weight is 138 g/mol. The average Bonchev–Trinajstić information content (AvgIpc) is 1.31. The molecule has 0 unspecified atom stereocenters. The topological polar surface area (TPSA) is 17.1 Å². The third-order valence-electron chi connectivity index (χ3n) is 0.963. The Morgan fingerprint density at radius 3 is 1.43 bits per heavy atom. The largest absolute Gasteiger partial charge is 0.320 e. The van der Waals surface area contributed by atoms with E-state index in [1.807, 2.05) is 13.3 Å². The highest BCUT2D eigenvalue weighted by Crippen LogP contribution is 2.66. The molecule has 0 aromatic carbocycles.